The van der Waals surface area contributed by atoms with Gasteiger partial charge in [0.25, 0.3) is 0 Å². The van der Waals surface area contributed by atoms with E-state index in [1.807, 2.05) is 4.90 Å². The van der Waals surface area contributed by atoms with E-state index in [2.05, 4.69) is 12.2 Å². The number of amides is 1. The van der Waals surface area contributed by atoms with E-state index in [0.29, 0.717) is 13.0 Å². The molecule has 1 aliphatic rings. The van der Waals surface area contributed by atoms with E-state index in [1.54, 1.807) is 0 Å². The molecule has 1 atom stereocenters. The fourth-order valence-corrected chi connectivity index (χ4v) is 2.62. The first-order valence-corrected chi connectivity index (χ1v) is 7.92. The van der Waals surface area contributed by atoms with Crippen LogP contribution >= 0.6 is 0 Å². The lowest BCUT2D eigenvalue weighted by Gasteiger charge is -2.25. The number of nitrogens with one attached hydrogen (secondary N) is 1. The highest BCUT2D eigenvalue weighted by molar-refractivity contribution is 5.82. The third kappa shape index (κ3) is 6.39. The van der Waals surface area contributed by atoms with Gasteiger partial charge in [-0.05, 0) is 32.2 Å². The van der Waals surface area contributed by atoms with Gasteiger partial charge in [0.15, 0.2) is 0 Å². The molecular formula is C15H30N2O2. The Kier molecular flexibility index (Phi) is 8.84. The van der Waals surface area contributed by atoms with Gasteiger partial charge in [-0.3, -0.25) is 4.79 Å². The lowest BCUT2D eigenvalue weighted by molar-refractivity contribution is -0.133. The largest absolute Gasteiger partial charge is 0.396 e. The minimum atomic E-state index is 0.0225. The van der Waals surface area contributed by atoms with Crippen LogP contribution in [0.25, 0.3) is 0 Å². The highest BCUT2D eigenvalue weighted by Gasteiger charge is 2.26. The molecule has 1 saturated heterocycles. The predicted octanol–water partition coefficient (Wildman–Crippen LogP) is 1.92. The zero-order valence-corrected chi connectivity index (χ0v) is 12.4. The topological polar surface area (TPSA) is 52.6 Å². The molecule has 4 heteroatoms. The first-order chi connectivity index (χ1) is 9.29. The lowest BCUT2D eigenvalue weighted by Crippen LogP contribution is -2.44. The number of hydrogen-bond donors (Lipinski definition) is 2. The Balaban J connectivity index is 2.30. The van der Waals surface area contributed by atoms with Crippen molar-refractivity contribution in [3.8, 4) is 0 Å². The summed E-state index contributed by atoms with van der Waals surface area (Å²) in [5, 5.41) is 12.2. The van der Waals surface area contributed by atoms with Crippen LogP contribution in [0.15, 0.2) is 0 Å². The SMILES string of the molecule is CCCCCCCN(CCCO)C(=O)C1CCCN1. The average molecular weight is 270 g/mol. The summed E-state index contributed by atoms with van der Waals surface area (Å²) in [4.78, 5) is 14.3. The molecule has 1 fully saturated rings. The van der Waals surface area contributed by atoms with E-state index in [-0.39, 0.29) is 18.6 Å². The molecule has 112 valence electrons. The van der Waals surface area contributed by atoms with Crippen LogP contribution in [0.5, 0.6) is 0 Å². The van der Waals surface area contributed by atoms with Crippen molar-refractivity contribution in [2.45, 2.75) is 64.3 Å². The minimum absolute atomic E-state index is 0.0225. The number of aliphatic hydroxyl groups is 1. The number of aliphatic hydroxyl groups excluding tert-OH is 1. The number of nitrogens with zero attached hydrogens (tertiary/aromatic N) is 1. The van der Waals surface area contributed by atoms with E-state index >= 15 is 0 Å². The Bertz CT molecular complexity index is 240. The molecule has 0 saturated carbocycles. The van der Waals surface area contributed by atoms with Crippen LogP contribution in [0, 0.1) is 0 Å². The molecule has 0 aromatic heterocycles. The van der Waals surface area contributed by atoms with E-state index in [1.165, 1.54) is 25.7 Å². The second kappa shape index (κ2) is 10.2. The van der Waals surface area contributed by atoms with Gasteiger partial charge in [0.05, 0.1) is 6.04 Å². The Morgan fingerprint density at radius 2 is 1.95 bits per heavy atom. The van der Waals surface area contributed by atoms with Crippen molar-refractivity contribution in [1.82, 2.24) is 10.2 Å². The third-order valence-corrected chi connectivity index (χ3v) is 3.79. The number of rotatable bonds is 10. The second-order valence-corrected chi connectivity index (χ2v) is 5.47. The van der Waals surface area contributed by atoms with Crippen molar-refractivity contribution in [1.29, 1.82) is 0 Å². The fraction of sp³-hybridized carbons (Fsp3) is 0.933. The molecule has 0 bridgehead atoms. The van der Waals surface area contributed by atoms with E-state index in [4.69, 9.17) is 5.11 Å². The van der Waals surface area contributed by atoms with Gasteiger partial charge in [-0.15, -0.1) is 0 Å². The first kappa shape index (κ1) is 16.4. The van der Waals surface area contributed by atoms with Crippen LogP contribution in [-0.2, 0) is 4.79 Å². The van der Waals surface area contributed by atoms with Gasteiger partial charge >= 0.3 is 0 Å². The summed E-state index contributed by atoms with van der Waals surface area (Å²) in [5.74, 6) is 0.237. The standard InChI is InChI=1S/C15H30N2O2/c1-2-3-4-5-6-11-17(12-8-13-18)15(19)14-9-7-10-16-14/h14,16,18H,2-13H2,1H3. The third-order valence-electron chi connectivity index (χ3n) is 3.79. The molecule has 0 spiro atoms. The molecule has 1 rings (SSSR count). The van der Waals surface area contributed by atoms with Gasteiger partial charge in [-0.1, -0.05) is 32.6 Å². The molecule has 1 heterocycles. The normalized spacial score (nSPS) is 18.7. The van der Waals surface area contributed by atoms with Crippen molar-refractivity contribution in [3.05, 3.63) is 0 Å². The Morgan fingerprint density at radius 3 is 2.58 bits per heavy atom. The van der Waals surface area contributed by atoms with E-state index in [9.17, 15) is 4.79 Å². The van der Waals surface area contributed by atoms with Crippen LogP contribution < -0.4 is 5.32 Å². The quantitative estimate of drug-likeness (QED) is 0.596. The van der Waals surface area contributed by atoms with Crippen LogP contribution in [-0.4, -0.2) is 48.2 Å². The van der Waals surface area contributed by atoms with E-state index in [0.717, 1.165) is 32.4 Å². The van der Waals surface area contributed by atoms with Gasteiger partial charge in [-0.2, -0.15) is 0 Å². The van der Waals surface area contributed by atoms with Crippen molar-refractivity contribution in [2.24, 2.45) is 0 Å². The molecule has 0 aliphatic carbocycles. The van der Waals surface area contributed by atoms with Crippen LogP contribution in [0.3, 0.4) is 0 Å². The van der Waals surface area contributed by atoms with Gasteiger partial charge in [-0.25, -0.2) is 0 Å². The van der Waals surface area contributed by atoms with Crippen molar-refractivity contribution < 1.29 is 9.90 Å². The number of hydrogen-bond acceptors (Lipinski definition) is 3. The zero-order valence-electron chi connectivity index (χ0n) is 12.4. The summed E-state index contributed by atoms with van der Waals surface area (Å²) in [6, 6.07) is 0.0225. The second-order valence-electron chi connectivity index (χ2n) is 5.47. The molecule has 19 heavy (non-hydrogen) atoms. The zero-order chi connectivity index (χ0) is 13.9. The molecule has 4 nitrogen and oxygen atoms in total. The summed E-state index contributed by atoms with van der Waals surface area (Å²) in [6.45, 7) is 4.88. The Hall–Kier alpha value is -0.610. The van der Waals surface area contributed by atoms with Crippen molar-refractivity contribution in [3.63, 3.8) is 0 Å². The van der Waals surface area contributed by atoms with Crippen molar-refractivity contribution in [2.75, 3.05) is 26.2 Å². The summed E-state index contributed by atoms with van der Waals surface area (Å²) in [6.07, 6.45) is 8.84. The van der Waals surface area contributed by atoms with Crippen LogP contribution in [0.2, 0.25) is 0 Å². The predicted molar refractivity (Wildman–Crippen MR) is 78.1 cm³/mol. The minimum Gasteiger partial charge on any atom is -0.396 e. The highest BCUT2D eigenvalue weighted by Crippen LogP contribution is 2.11. The highest BCUT2D eigenvalue weighted by atomic mass is 16.3. The molecule has 0 radical (unpaired) electrons. The van der Waals surface area contributed by atoms with Gasteiger partial charge in [0.2, 0.25) is 5.91 Å². The monoisotopic (exact) mass is 270 g/mol. The average Bonchev–Trinajstić information content (AvgIpc) is 2.95. The molecule has 1 amide bonds. The number of carbonyl (C=O) groups is 1. The van der Waals surface area contributed by atoms with Crippen LogP contribution in [0.1, 0.15) is 58.3 Å². The van der Waals surface area contributed by atoms with Gasteiger partial charge < -0.3 is 15.3 Å². The fourth-order valence-electron chi connectivity index (χ4n) is 2.62. The maximum Gasteiger partial charge on any atom is 0.239 e. The summed E-state index contributed by atoms with van der Waals surface area (Å²) >= 11 is 0. The van der Waals surface area contributed by atoms with Gasteiger partial charge in [0, 0.05) is 19.7 Å². The first-order valence-electron chi connectivity index (χ1n) is 7.92. The molecule has 0 aromatic rings. The summed E-state index contributed by atoms with van der Waals surface area (Å²) in [5.41, 5.74) is 0. The maximum absolute atomic E-state index is 12.4. The molecule has 2 N–H and O–H groups in total. The summed E-state index contributed by atoms with van der Waals surface area (Å²) in [7, 11) is 0. The van der Waals surface area contributed by atoms with E-state index < -0.39 is 0 Å². The number of unbranched alkanes of at least 4 members (excludes halogenated alkanes) is 4. The molecule has 0 aromatic carbocycles. The molecule has 1 aliphatic heterocycles. The Labute approximate surface area is 117 Å². The van der Waals surface area contributed by atoms with Gasteiger partial charge in [0.1, 0.15) is 0 Å². The smallest absolute Gasteiger partial charge is 0.239 e. The van der Waals surface area contributed by atoms with Crippen LogP contribution in [0.4, 0.5) is 0 Å². The lowest BCUT2D eigenvalue weighted by atomic mass is 10.1. The molecule has 1 unspecified atom stereocenters. The van der Waals surface area contributed by atoms with Crippen molar-refractivity contribution >= 4 is 5.91 Å². The molecular weight excluding hydrogens is 240 g/mol. The Morgan fingerprint density at radius 1 is 1.21 bits per heavy atom. The maximum atomic E-state index is 12.4. The number of carbonyl (C=O) groups excluding carboxylic acids is 1. The summed E-state index contributed by atoms with van der Waals surface area (Å²) < 4.78 is 0.